The van der Waals surface area contributed by atoms with Crippen LogP contribution in [0.1, 0.15) is 27.7 Å². The number of aromatic nitrogens is 1. The van der Waals surface area contributed by atoms with Gasteiger partial charge in [0.05, 0.1) is 18.7 Å². The monoisotopic (exact) mass is 684 g/mol. The molecule has 0 bridgehead atoms. The number of rotatable bonds is 8. The normalized spacial score (nSPS) is 19.7. The van der Waals surface area contributed by atoms with Gasteiger partial charge in [0.25, 0.3) is 0 Å². The van der Waals surface area contributed by atoms with E-state index in [1.54, 1.807) is 12.3 Å². The standard InChI is InChI=1S/C36H34ClFN6O3S/c1-22-3-7-24(8-4-22)25-9-5-23(6-10-25)18-43-20-27-19-42(14-15-44(27)36(43)46)21-30-31(35(45)47-2)32(28-12-11-26(38)17-29(28)37)41-33(40-30)34-39-13-16-48-34/h3-13,16-17,27,32H,14-15,18-21H2,1-2H3,(H,40,41)/t27?,32-/m0/s1. The number of carbonyl (C=O) groups excluding carboxylic acids is 2. The van der Waals surface area contributed by atoms with Gasteiger partial charge in [-0.3, -0.25) is 9.89 Å². The highest BCUT2D eigenvalue weighted by atomic mass is 35.5. The van der Waals surface area contributed by atoms with Crippen LogP contribution in [0.3, 0.4) is 0 Å². The molecule has 2 fully saturated rings. The Bertz CT molecular complexity index is 1900. The number of nitrogens with one attached hydrogen (secondary N) is 1. The molecule has 4 heterocycles. The lowest BCUT2D eigenvalue weighted by Crippen LogP contribution is -2.53. The predicted molar refractivity (Wildman–Crippen MR) is 184 cm³/mol. The van der Waals surface area contributed by atoms with Gasteiger partial charge >= 0.3 is 12.0 Å². The van der Waals surface area contributed by atoms with E-state index >= 15 is 0 Å². The van der Waals surface area contributed by atoms with Crippen LogP contribution in [0.25, 0.3) is 11.1 Å². The lowest BCUT2D eigenvalue weighted by Gasteiger charge is -2.38. The van der Waals surface area contributed by atoms with Gasteiger partial charge in [0.2, 0.25) is 0 Å². The molecular formula is C36H34ClFN6O3S. The Morgan fingerprint density at radius 2 is 1.79 bits per heavy atom. The number of hydrogen-bond donors (Lipinski definition) is 1. The highest BCUT2D eigenvalue weighted by Gasteiger charge is 2.41. The van der Waals surface area contributed by atoms with Crippen LogP contribution in [0.2, 0.25) is 5.02 Å². The number of piperazine rings is 1. The number of fused-ring (bicyclic) bond motifs is 1. The number of esters is 1. The Hall–Kier alpha value is -4.58. The zero-order chi connectivity index (χ0) is 33.4. The van der Waals surface area contributed by atoms with Crippen LogP contribution < -0.4 is 5.32 Å². The fourth-order valence-electron chi connectivity index (χ4n) is 6.58. The molecule has 3 aliphatic heterocycles. The third-order valence-electron chi connectivity index (χ3n) is 9.03. The quantitative estimate of drug-likeness (QED) is 0.227. The summed E-state index contributed by atoms with van der Waals surface area (Å²) in [4.78, 5) is 42.1. The van der Waals surface area contributed by atoms with Crippen molar-refractivity contribution in [1.82, 2.24) is 25.0 Å². The van der Waals surface area contributed by atoms with Gasteiger partial charge in [-0.2, -0.15) is 0 Å². The zero-order valence-corrected chi connectivity index (χ0v) is 28.1. The number of hydrogen-bond acceptors (Lipinski definition) is 8. The first kappa shape index (κ1) is 32.0. The van der Waals surface area contributed by atoms with Crippen LogP contribution in [0, 0.1) is 12.7 Å². The molecule has 0 spiro atoms. The average Bonchev–Trinajstić information content (AvgIpc) is 3.73. The van der Waals surface area contributed by atoms with Crippen LogP contribution in [-0.4, -0.2) is 83.4 Å². The number of thiazole rings is 1. The van der Waals surface area contributed by atoms with Crippen molar-refractivity contribution in [3.8, 4) is 11.1 Å². The highest BCUT2D eigenvalue weighted by Crippen LogP contribution is 2.37. The fourth-order valence-corrected chi connectivity index (χ4v) is 7.44. The summed E-state index contributed by atoms with van der Waals surface area (Å²) < 4.78 is 19.2. The average molecular weight is 685 g/mol. The second kappa shape index (κ2) is 13.5. The van der Waals surface area contributed by atoms with E-state index in [4.69, 9.17) is 21.3 Å². The third kappa shape index (κ3) is 6.45. The summed E-state index contributed by atoms with van der Waals surface area (Å²) in [5, 5.41) is 6.01. The molecule has 9 nitrogen and oxygen atoms in total. The van der Waals surface area contributed by atoms with Gasteiger partial charge in [-0.25, -0.2) is 19.0 Å². The minimum Gasteiger partial charge on any atom is -0.466 e. The van der Waals surface area contributed by atoms with E-state index in [-0.39, 0.29) is 17.1 Å². The summed E-state index contributed by atoms with van der Waals surface area (Å²) in [6.45, 7) is 5.40. The second-order valence-electron chi connectivity index (χ2n) is 12.2. The van der Waals surface area contributed by atoms with Crippen molar-refractivity contribution < 1.29 is 18.7 Å². The van der Waals surface area contributed by atoms with Crippen molar-refractivity contribution in [3.63, 3.8) is 0 Å². The van der Waals surface area contributed by atoms with E-state index in [0.717, 1.165) is 16.7 Å². The maximum atomic E-state index is 14.0. The molecule has 1 N–H and O–H groups in total. The van der Waals surface area contributed by atoms with Crippen molar-refractivity contribution in [2.45, 2.75) is 25.6 Å². The molecule has 246 valence electrons. The Balaban J connectivity index is 1.09. The number of amides is 2. The van der Waals surface area contributed by atoms with Crippen molar-refractivity contribution in [3.05, 3.63) is 122 Å². The molecule has 0 saturated carbocycles. The molecule has 0 aliphatic carbocycles. The summed E-state index contributed by atoms with van der Waals surface area (Å²) in [6.07, 6.45) is 1.68. The number of benzene rings is 3. The van der Waals surface area contributed by atoms with Crippen LogP contribution in [0.15, 0.2) is 94.6 Å². The SMILES string of the molecule is COC(=O)C1=C(CN2CCN3C(=O)N(Cc4ccc(-c5ccc(C)cc5)cc4)CC3C2)NC(c2nccs2)=N[C@H]1c1ccc(F)cc1Cl. The van der Waals surface area contributed by atoms with E-state index < -0.39 is 17.8 Å². The lowest BCUT2D eigenvalue weighted by molar-refractivity contribution is -0.136. The smallest absolute Gasteiger partial charge is 0.338 e. The van der Waals surface area contributed by atoms with Gasteiger partial charge in [0.15, 0.2) is 10.8 Å². The maximum Gasteiger partial charge on any atom is 0.338 e. The molecule has 12 heteroatoms. The molecule has 3 aromatic carbocycles. The van der Waals surface area contributed by atoms with Crippen LogP contribution in [0.5, 0.6) is 0 Å². The van der Waals surface area contributed by atoms with Gasteiger partial charge in [-0.1, -0.05) is 71.8 Å². The lowest BCUT2D eigenvalue weighted by atomic mass is 9.95. The van der Waals surface area contributed by atoms with Crippen LogP contribution >= 0.6 is 22.9 Å². The number of nitrogens with zero attached hydrogens (tertiary/aromatic N) is 5. The Kier molecular flexibility index (Phi) is 9.00. The first-order valence-electron chi connectivity index (χ1n) is 15.7. The van der Waals surface area contributed by atoms with E-state index in [1.807, 2.05) is 15.2 Å². The highest BCUT2D eigenvalue weighted by molar-refractivity contribution is 7.11. The van der Waals surface area contributed by atoms with Gasteiger partial charge in [0.1, 0.15) is 11.9 Å². The summed E-state index contributed by atoms with van der Waals surface area (Å²) in [5.41, 5.74) is 6.00. The fraction of sp³-hybridized carbons (Fsp3) is 0.278. The molecule has 4 aromatic rings. The van der Waals surface area contributed by atoms with Gasteiger partial charge < -0.3 is 19.9 Å². The predicted octanol–water partition coefficient (Wildman–Crippen LogP) is 6.05. The minimum atomic E-state index is -0.831. The van der Waals surface area contributed by atoms with Crippen molar-refractivity contribution >= 4 is 40.8 Å². The van der Waals surface area contributed by atoms with E-state index in [9.17, 15) is 14.0 Å². The zero-order valence-electron chi connectivity index (χ0n) is 26.5. The summed E-state index contributed by atoms with van der Waals surface area (Å²) in [7, 11) is 1.32. The van der Waals surface area contributed by atoms with Gasteiger partial charge in [-0.05, 0) is 35.7 Å². The largest absolute Gasteiger partial charge is 0.466 e. The van der Waals surface area contributed by atoms with Gasteiger partial charge in [-0.15, -0.1) is 11.3 Å². The first-order valence-corrected chi connectivity index (χ1v) is 17.0. The Labute approximate surface area is 287 Å². The molecule has 1 unspecified atom stereocenters. The number of aliphatic imine (C=N–C) groups is 1. The molecule has 0 radical (unpaired) electrons. The molecular weight excluding hydrogens is 651 g/mol. The van der Waals surface area contributed by atoms with Crippen molar-refractivity contribution in [1.29, 1.82) is 0 Å². The third-order valence-corrected chi connectivity index (χ3v) is 10.1. The summed E-state index contributed by atoms with van der Waals surface area (Å²) in [5.74, 6) is -0.547. The maximum absolute atomic E-state index is 14.0. The van der Waals surface area contributed by atoms with Gasteiger partial charge in [0, 0.05) is 67.1 Å². The summed E-state index contributed by atoms with van der Waals surface area (Å²) in [6, 6.07) is 20.1. The molecule has 3 aliphatic rings. The Morgan fingerprint density at radius 1 is 1.04 bits per heavy atom. The number of urea groups is 1. The number of aryl methyl sites for hydroxylation is 1. The van der Waals surface area contributed by atoms with Crippen molar-refractivity contribution in [2.75, 3.05) is 39.8 Å². The number of methoxy groups -OCH3 is 1. The minimum absolute atomic E-state index is 0.00158. The second-order valence-corrected chi connectivity index (χ2v) is 13.5. The van der Waals surface area contributed by atoms with E-state index in [1.165, 1.54) is 36.1 Å². The Morgan fingerprint density at radius 3 is 2.48 bits per heavy atom. The molecule has 2 atom stereocenters. The van der Waals surface area contributed by atoms with E-state index in [0.29, 0.717) is 66.9 Å². The molecule has 2 amide bonds. The summed E-state index contributed by atoms with van der Waals surface area (Å²) >= 11 is 7.92. The molecule has 1 aromatic heterocycles. The number of halogens is 2. The number of carbonyl (C=O) groups is 2. The molecule has 2 saturated heterocycles. The molecule has 48 heavy (non-hydrogen) atoms. The van der Waals surface area contributed by atoms with E-state index in [2.05, 4.69) is 70.7 Å². The first-order chi connectivity index (χ1) is 23.3. The van der Waals surface area contributed by atoms with Crippen LogP contribution in [-0.2, 0) is 16.1 Å². The topological polar surface area (TPSA) is 90.4 Å². The molecule has 7 rings (SSSR count). The number of ether oxygens (including phenoxy) is 1. The van der Waals surface area contributed by atoms with Crippen LogP contribution in [0.4, 0.5) is 9.18 Å². The van der Waals surface area contributed by atoms with Crippen molar-refractivity contribution in [2.24, 2.45) is 4.99 Å². The number of amidine groups is 1.